The first kappa shape index (κ1) is 30.9. The molecule has 42 heavy (non-hydrogen) atoms. The Morgan fingerprint density at radius 2 is 1.17 bits per heavy atom. The minimum absolute atomic E-state index is 0.478. The summed E-state index contributed by atoms with van der Waals surface area (Å²) < 4.78 is 0. The summed E-state index contributed by atoms with van der Waals surface area (Å²) in [5.41, 5.74) is 6.88. The molecule has 240 valence electrons. The highest BCUT2D eigenvalue weighted by atomic mass is 32.2. The third-order valence-electron chi connectivity index (χ3n) is 14.9. The van der Waals surface area contributed by atoms with Gasteiger partial charge >= 0.3 is 0 Å². The van der Waals surface area contributed by atoms with Crippen molar-refractivity contribution >= 4 is 11.8 Å². The van der Waals surface area contributed by atoms with Crippen molar-refractivity contribution in [1.29, 1.82) is 0 Å². The van der Waals surface area contributed by atoms with Gasteiger partial charge in [-0.1, -0.05) is 116 Å². The number of rotatable bonds is 8. The van der Waals surface area contributed by atoms with E-state index in [1.807, 2.05) is 0 Å². The molecule has 0 bridgehead atoms. The SMILES string of the molecule is NC1CCCCC1C(CCNC1CCC2C3CCCC(C4CCCCC4)C3SC2C1C1CCCCC1)C1CCCCC1. The van der Waals surface area contributed by atoms with Gasteiger partial charge in [0.05, 0.1) is 0 Å². The molecule has 0 aromatic carbocycles. The summed E-state index contributed by atoms with van der Waals surface area (Å²) in [5.74, 6) is 8.87. The van der Waals surface area contributed by atoms with Crippen LogP contribution in [-0.4, -0.2) is 29.1 Å². The van der Waals surface area contributed by atoms with Gasteiger partial charge in [0.1, 0.15) is 0 Å². The molecule has 0 aromatic rings. The fourth-order valence-corrected chi connectivity index (χ4v) is 15.5. The lowest BCUT2D eigenvalue weighted by Crippen LogP contribution is -2.51. The van der Waals surface area contributed by atoms with Crippen LogP contribution in [0.15, 0.2) is 0 Å². The molecule has 10 atom stereocenters. The van der Waals surface area contributed by atoms with Crippen LogP contribution in [0, 0.1) is 53.3 Å². The Bertz CT molecular complexity index is 813. The van der Waals surface area contributed by atoms with Crippen molar-refractivity contribution in [3.05, 3.63) is 0 Å². The topological polar surface area (TPSA) is 38.0 Å². The van der Waals surface area contributed by atoms with Gasteiger partial charge in [0.25, 0.3) is 0 Å². The van der Waals surface area contributed by atoms with E-state index < -0.39 is 0 Å². The van der Waals surface area contributed by atoms with Gasteiger partial charge in [-0.25, -0.2) is 0 Å². The molecule has 0 radical (unpaired) electrons. The first-order valence-electron chi connectivity index (χ1n) is 19.9. The maximum atomic E-state index is 6.88. The highest BCUT2D eigenvalue weighted by Crippen LogP contribution is 2.61. The summed E-state index contributed by atoms with van der Waals surface area (Å²) in [4.78, 5) is 0. The molecule has 6 aliphatic carbocycles. The lowest BCUT2D eigenvalue weighted by molar-refractivity contribution is 0.0807. The van der Waals surface area contributed by atoms with E-state index >= 15 is 0 Å². The quantitative estimate of drug-likeness (QED) is 0.293. The van der Waals surface area contributed by atoms with Crippen molar-refractivity contribution in [2.75, 3.05) is 6.54 Å². The Labute approximate surface area is 265 Å². The lowest BCUT2D eigenvalue weighted by Gasteiger charge is -2.47. The molecule has 3 heteroatoms. The highest BCUT2D eigenvalue weighted by molar-refractivity contribution is 8.00. The first-order chi connectivity index (χ1) is 20.8. The fourth-order valence-electron chi connectivity index (χ4n) is 12.9. The number of hydrogen-bond donors (Lipinski definition) is 2. The van der Waals surface area contributed by atoms with Gasteiger partial charge in [0.15, 0.2) is 0 Å². The van der Waals surface area contributed by atoms with Gasteiger partial charge in [-0.15, -0.1) is 0 Å². The zero-order valence-electron chi connectivity index (χ0n) is 27.4. The third-order valence-corrected chi connectivity index (χ3v) is 16.9. The van der Waals surface area contributed by atoms with Crippen molar-refractivity contribution < 1.29 is 0 Å². The van der Waals surface area contributed by atoms with Crippen LogP contribution in [0.2, 0.25) is 0 Å². The van der Waals surface area contributed by atoms with Crippen LogP contribution in [0.4, 0.5) is 0 Å². The summed E-state index contributed by atoms with van der Waals surface area (Å²) in [6.45, 7) is 1.28. The summed E-state index contributed by atoms with van der Waals surface area (Å²) in [7, 11) is 0. The van der Waals surface area contributed by atoms with Crippen molar-refractivity contribution in [2.24, 2.45) is 59.0 Å². The summed E-state index contributed by atoms with van der Waals surface area (Å²) in [6.07, 6.45) is 37.4. The molecule has 6 saturated carbocycles. The minimum Gasteiger partial charge on any atom is -0.327 e. The average molecular weight is 597 g/mol. The van der Waals surface area contributed by atoms with E-state index in [-0.39, 0.29) is 0 Å². The smallest absolute Gasteiger partial charge is 0.0127 e. The molecule has 10 unspecified atom stereocenters. The van der Waals surface area contributed by atoms with Gasteiger partial charge in [-0.05, 0) is 105 Å². The summed E-state index contributed by atoms with van der Waals surface area (Å²) in [5, 5.41) is 6.40. The Balaban J connectivity index is 1.05. The lowest BCUT2D eigenvalue weighted by atomic mass is 9.61. The van der Waals surface area contributed by atoms with Crippen LogP contribution in [0.1, 0.15) is 161 Å². The number of nitrogens with one attached hydrogen (secondary N) is 1. The molecule has 2 nitrogen and oxygen atoms in total. The predicted molar refractivity (Wildman–Crippen MR) is 182 cm³/mol. The van der Waals surface area contributed by atoms with Crippen LogP contribution < -0.4 is 11.1 Å². The van der Waals surface area contributed by atoms with Crippen LogP contribution in [0.25, 0.3) is 0 Å². The summed E-state index contributed by atoms with van der Waals surface area (Å²) >= 11 is 2.61. The van der Waals surface area contributed by atoms with E-state index in [0.29, 0.717) is 6.04 Å². The van der Waals surface area contributed by atoms with Gasteiger partial charge < -0.3 is 11.1 Å². The van der Waals surface area contributed by atoms with Crippen LogP contribution >= 0.6 is 11.8 Å². The zero-order valence-corrected chi connectivity index (χ0v) is 28.2. The molecule has 1 saturated heterocycles. The average Bonchev–Trinajstić information content (AvgIpc) is 3.43. The second kappa shape index (κ2) is 14.8. The van der Waals surface area contributed by atoms with E-state index in [1.165, 1.54) is 135 Å². The van der Waals surface area contributed by atoms with E-state index in [2.05, 4.69) is 17.1 Å². The van der Waals surface area contributed by atoms with E-state index in [4.69, 9.17) is 5.73 Å². The predicted octanol–water partition coefficient (Wildman–Crippen LogP) is 10.1. The van der Waals surface area contributed by atoms with Gasteiger partial charge in [0.2, 0.25) is 0 Å². The third kappa shape index (κ3) is 6.70. The number of thioether (sulfide) groups is 1. The molecule has 7 aliphatic rings. The molecule has 0 amide bonds. The van der Waals surface area contributed by atoms with E-state index in [9.17, 15) is 0 Å². The van der Waals surface area contributed by atoms with E-state index in [0.717, 1.165) is 69.8 Å². The van der Waals surface area contributed by atoms with Crippen molar-refractivity contribution in [3.8, 4) is 0 Å². The molecule has 1 aliphatic heterocycles. The second-order valence-corrected chi connectivity index (χ2v) is 18.3. The largest absolute Gasteiger partial charge is 0.327 e. The van der Waals surface area contributed by atoms with E-state index in [1.54, 1.807) is 32.1 Å². The van der Waals surface area contributed by atoms with Gasteiger partial charge in [-0.2, -0.15) is 11.8 Å². The normalized spacial score (nSPS) is 43.5. The standard InChI is InChI=1S/C39H68N2S/c40-35-22-11-10-19-32(35)30(27-13-4-1-5-14-27)25-26-41-36-24-23-34-33-21-12-20-31(28-15-6-2-7-16-28)38(33)42-39(34)37(36)29-17-8-3-9-18-29/h27-39,41H,1-26,40H2. The molecule has 7 rings (SSSR count). The molecule has 0 aromatic heterocycles. The molecular formula is C39H68N2S. The molecule has 7 fully saturated rings. The maximum Gasteiger partial charge on any atom is 0.0127 e. The Kier molecular flexibility index (Phi) is 10.9. The van der Waals surface area contributed by atoms with Gasteiger partial charge in [0, 0.05) is 22.6 Å². The Hall–Kier alpha value is 0.270. The molecular weight excluding hydrogens is 529 g/mol. The van der Waals surface area contributed by atoms with Gasteiger partial charge in [-0.3, -0.25) is 0 Å². The number of nitrogens with two attached hydrogens (primary N) is 1. The number of fused-ring (bicyclic) bond motifs is 3. The molecule has 1 heterocycles. The fraction of sp³-hybridized carbons (Fsp3) is 1.00. The first-order valence-corrected chi connectivity index (χ1v) is 20.9. The van der Waals surface area contributed by atoms with Crippen molar-refractivity contribution in [2.45, 2.75) is 183 Å². The zero-order chi connectivity index (χ0) is 28.3. The Morgan fingerprint density at radius 3 is 1.90 bits per heavy atom. The van der Waals surface area contributed by atoms with Crippen LogP contribution in [0.5, 0.6) is 0 Å². The van der Waals surface area contributed by atoms with Crippen LogP contribution in [0.3, 0.4) is 0 Å². The Morgan fingerprint density at radius 1 is 0.548 bits per heavy atom. The van der Waals surface area contributed by atoms with Crippen molar-refractivity contribution in [3.63, 3.8) is 0 Å². The molecule has 3 N–H and O–H groups in total. The maximum absolute atomic E-state index is 6.88. The second-order valence-electron chi connectivity index (χ2n) is 17.0. The molecule has 0 spiro atoms. The minimum atomic E-state index is 0.478. The van der Waals surface area contributed by atoms with Crippen LogP contribution in [-0.2, 0) is 0 Å². The monoisotopic (exact) mass is 597 g/mol. The van der Waals surface area contributed by atoms with Crippen molar-refractivity contribution in [1.82, 2.24) is 5.32 Å². The highest BCUT2D eigenvalue weighted by Gasteiger charge is 2.55. The summed E-state index contributed by atoms with van der Waals surface area (Å²) in [6, 6.07) is 1.27. The number of hydrogen-bond acceptors (Lipinski definition) is 3.